The van der Waals surface area contributed by atoms with Crippen LogP contribution < -0.4 is 14.8 Å². The lowest BCUT2D eigenvalue weighted by molar-refractivity contribution is -0.115. The van der Waals surface area contributed by atoms with E-state index < -0.39 is 0 Å². The first-order chi connectivity index (χ1) is 18.1. The van der Waals surface area contributed by atoms with Gasteiger partial charge in [-0.1, -0.05) is 42.5 Å². The van der Waals surface area contributed by atoms with Gasteiger partial charge in [-0.15, -0.1) is 0 Å². The molecule has 1 amide bonds. The van der Waals surface area contributed by atoms with E-state index in [4.69, 9.17) is 9.47 Å². The van der Waals surface area contributed by atoms with Gasteiger partial charge in [-0.25, -0.2) is 0 Å². The SMILES string of the molecule is COc1ccc(C(=O)CCCN2CCC(c3cccc(NC(=O)Cc4ccccc4)c3)CC2)c(OC)c1. The lowest BCUT2D eigenvalue weighted by atomic mass is 9.89. The molecule has 1 saturated heterocycles. The van der Waals surface area contributed by atoms with Crippen LogP contribution in [-0.4, -0.2) is 50.4 Å². The molecule has 0 atom stereocenters. The van der Waals surface area contributed by atoms with Crippen molar-refractivity contribution in [2.75, 3.05) is 39.2 Å². The molecule has 1 aliphatic heterocycles. The van der Waals surface area contributed by atoms with Crippen LogP contribution in [0.15, 0.2) is 72.8 Å². The van der Waals surface area contributed by atoms with Crippen molar-refractivity contribution in [1.29, 1.82) is 0 Å². The number of carbonyl (C=O) groups excluding carboxylic acids is 2. The fraction of sp³-hybridized carbons (Fsp3) is 0.355. The minimum atomic E-state index is -0.0000218. The minimum Gasteiger partial charge on any atom is -0.497 e. The molecular weight excluding hydrogens is 464 g/mol. The highest BCUT2D eigenvalue weighted by atomic mass is 16.5. The summed E-state index contributed by atoms with van der Waals surface area (Å²) in [5, 5.41) is 3.05. The van der Waals surface area contributed by atoms with Crippen LogP contribution in [0, 0.1) is 0 Å². The molecule has 4 rings (SSSR count). The Kier molecular flexibility index (Phi) is 9.33. The highest BCUT2D eigenvalue weighted by Gasteiger charge is 2.21. The van der Waals surface area contributed by atoms with E-state index in [1.165, 1.54) is 5.56 Å². The zero-order valence-electron chi connectivity index (χ0n) is 21.7. The first kappa shape index (κ1) is 26.4. The maximum atomic E-state index is 12.7. The molecule has 3 aromatic rings. The summed E-state index contributed by atoms with van der Waals surface area (Å²) < 4.78 is 10.6. The fourth-order valence-electron chi connectivity index (χ4n) is 4.97. The Morgan fingerprint density at radius 1 is 0.919 bits per heavy atom. The van der Waals surface area contributed by atoms with Gasteiger partial charge in [-0.2, -0.15) is 0 Å². The van der Waals surface area contributed by atoms with Gasteiger partial charge >= 0.3 is 0 Å². The number of anilines is 1. The average molecular weight is 501 g/mol. The van der Waals surface area contributed by atoms with Crippen molar-refractivity contribution >= 4 is 17.4 Å². The number of rotatable bonds is 11. The summed E-state index contributed by atoms with van der Waals surface area (Å²) in [6.45, 7) is 2.93. The number of piperidine rings is 1. The van der Waals surface area contributed by atoms with Crippen molar-refractivity contribution < 1.29 is 19.1 Å². The van der Waals surface area contributed by atoms with Crippen LogP contribution in [0.4, 0.5) is 5.69 Å². The summed E-state index contributed by atoms with van der Waals surface area (Å²) in [7, 11) is 3.17. The van der Waals surface area contributed by atoms with Gasteiger partial charge < -0.3 is 19.7 Å². The highest BCUT2D eigenvalue weighted by molar-refractivity contribution is 5.98. The van der Waals surface area contributed by atoms with Crippen LogP contribution in [0.5, 0.6) is 11.5 Å². The number of carbonyl (C=O) groups is 2. The van der Waals surface area contributed by atoms with Gasteiger partial charge in [-0.3, -0.25) is 9.59 Å². The molecule has 37 heavy (non-hydrogen) atoms. The normalized spacial score (nSPS) is 14.2. The highest BCUT2D eigenvalue weighted by Crippen LogP contribution is 2.30. The summed E-state index contributed by atoms with van der Waals surface area (Å²) in [5.74, 6) is 1.81. The van der Waals surface area contributed by atoms with Gasteiger partial charge in [0.05, 0.1) is 26.2 Å². The topological polar surface area (TPSA) is 67.9 Å². The van der Waals surface area contributed by atoms with E-state index in [1.54, 1.807) is 32.4 Å². The molecule has 6 nitrogen and oxygen atoms in total. The number of likely N-dealkylation sites (tertiary alicyclic amines) is 1. The zero-order valence-corrected chi connectivity index (χ0v) is 21.7. The minimum absolute atomic E-state index is 0.0000218. The van der Waals surface area contributed by atoms with Gasteiger partial charge in [0.1, 0.15) is 11.5 Å². The van der Waals surface area contributed by atoms with Crippen LogP contribution in [0.3, 0.4) is 0 Å². The Balaban J connectivity index is 1.22. The molecule has 1 fully saturated rings. The number of hydrogen-bond donors (Lipinski definition) is 1. The number of nitrogens with one attached hydrogen (secondary N) is 1. The average Bonchev–Trinajstić information content (AvgIpc) is 2.93. The summed E-state index contributed by atoms with van der Waals surface area (Å²) in [4.78, 5) is 27.7. The number of ketones is 1. The molecule has 0 spiro atoms. The molecule has 1 heterocycles. The number of amides is 1. The second kappa shape index (κ2) is 13.1. The first-order valence-corrected chi connectivity index (χ1v) is 13.0. The van der Waals surface area contributed by atoms with E-state index in [1.807, 2.05) is 42.5 Å². The van der Waals surface area contributed by atoms with Crippen LogP contribution in [0.25, 0.3) is 0 Å². The van der Waals surface area contributed by atoms with Crippen molar-refractivity contribution in [3.63, 3.8) is 0 Å². The van der Waals surface area contributed by atoms with Crippen LogP contribution in [-0.2, 0) is 11.2 Å². The van der Waals surface area contributed by atoms with Crippen molar-refractivity contribution in [1.82, 2.24) is 4.90 Å². The Bertz CT molecular complexity index is 1190. The number of nitrogens with zero attached hydrogens (tertiary/aromatic N) is 1. The standard InChI is InChI=1S/C31H36N2O4/c1-36-27-13-14-28(30(22-27)37-2)29(34)12-7-17-33-18-15-24(16-19-33)25-10-6-11-26(21-25)32-31(35)20-23-8-4-3-5-9-23/h3-6,8-11,13-14,21-22,24H,7,12,15-20H2,1-2H3,(H,32,35). The maximum Gasteiger partial charge on any atom is 0.228 e. The molecule has 6 heteroatoms. The number of Topliss-reactive ketones (excluding diaryl/α,β-unsaturated/α-hetero) is 1. The van der Waals surface area contributed by atoms with Crippen LogP contribution in [0.1, 0.15) is 53.1 Å². The zero-order chi connectivity index (χ0) is 26.0. The molecule has 0 aromatic heterocycles. The van der Waals surface area contributed by atoms with Crippen LogP contribution >= 0.6 is 0 Å². The van der Waals surface area contributed by atoms with Gasteiger partial charge in [0.2, 0.25) is 5.91 Å². The predicted molar refractivity (Wildman–Crippen MR) is 147 cm³/mol. The number of ether oxygens (including phenoxy) is 2. The molecule has 0 aliphatic carbocycles. The summed E-state index contributed by atoms with van der Waals surface area (Å²) in [6, 6.07) is 23.4. The van der Waals surface area contributed by atoms with Crippen LogP contribution in [0.2, 0.25) is 0 Å². The van der Waals surface area contributed by atoms with E-state index in [9.17, 15) is 9.59 Å². The van der Waals surface area contributed by atoms with Crippen molar-refractivity contribution in [2.24, 2.45) is 0 Å². The Morgan fingerprint density at radius 3 is 2.43 bits per heavy atom. The second-order valence-corrected chi connectivity index (χ2v) is 9.54. The third-order valence-electron chi connectivity index (χ3n) is 7.02. The number of hydrogen-bond acceptors (Lipinski definition) is 5. The van der Waals surface area contributed by atoms with Gasteiger partial charge in [0.25, 0.3) is 0 Å². The smallest absolute Gasteiger partial charge is 0.228 e. The molecule has 194 valence electrons. The summed E-state index contributed by atoms with van der Waals surface area (Å²) >= 11 is 0. The first-order valence-electron chi connectivity index (χ1n) is 13.0. The molecule has 0 bridgehead atoms. The van der Waals surface area contributed by atoms with E-state index in [-0.39, 0.29) is 11.7 Å². The molecule has 0 unspecified atom stereocenters. The van der Waals surface area contributed by atoms with E-state index in [0.29, 0.717) is 35.8 Å². The summed E-state index contributed by atoms with van der Waals surface area (Å²) in [6.07, 6.45) is 3.83. The third kappa shape index (κ3) is 7.43. The Hall–Kier alpha value is -3.64. The second-order valence-electron chi connectivity index (χ2n) is 9.54. The molecular formula is C31H36N2O4. The monoisotopic (exact) mass is 500 g/mol. The van der Waals surface area contributed by atoms with Crippen molar-refractivity contribution in [3.8, 4) is 11.5 Å². The Labute approximate surface area is 219 Å². The maximum absolute atomic E-state index is 12.7. The fourth-order valence-corrected chi connectivity index (χ4v) is 4.97. The van der Waals surface area contributed by atoms with Gasteiger partial charge in [-0.05, 0) is 80.2 Å². The largest absolute Gasteiger partial charge is 0.497 e. The molecule has 3 aromatic carbocycles. The van der Waals surface area contributed by atoms with Gasteiger partial charge in [0, 0.05) is 18.2 Å². The van der Waals surface area contributed by atoms with E-state index >= 15 is 0 Å². The molecule has 1 aliphatic rings. The van der Waals surface area contributed by atoms with Crippen molar-refractivity contribution in [3.05, 3.63) is 89.5 Å². The molecule has 0 radical (unpaired) electrons. The van der Waals surface area contributed by atoms with Gasteiger partial charge in [0.15, 0.2) is 5.78 Å². The summed E-state index contributed by atoms with van der Waals surface area (Å²) in [5.41, 5.74) is 3.75. The van der Waals surface area contributed by atoms with E-state index in [0.717, 1.165) is 50.1 Å². The number of methoxy groups -OCH3 is 2. The molecule has 1 N–H and O–H groups in total. The Morgan fingerprint density at radius 2 is 1.70 bits per heavy atom. The molecule has 0 saturated carbocycles. The third-order valence-corrected chi connectivity index (χ3v) is 7.02. The van der Waals surface area contributed by atoms with Crippen molar-refractivity contribution in [2.45, 2.75) is 38.0 Å². The quantitative estimate of drug-likeness (QED) is 0.341. The predicted octanol–water partition coefficient (Wildman–Crippen LogP) is 5.73. The number of benzene rings is 3. The lowest BCUT2D eigenvalue weighted by Crippen LogP contribution is -2.33. The van der Waals surface area contributed by atoms with E-state index in [2.05, 4.69) is 22.3 Å². The lowest BCUT2D eigenvalue weighted by Gasteiger charge is -2.32.